The van der Waals surface area contributed by atoms with Gasteiger partial charge in [-0.1, -0.05) is 11.6 Å². The first kappa shape index (κ1) is 8.27. The lowest BCUT2D eigenvalue weighted by atomic mass is 10.1. The van der Waals surface area contributed by atoms with Crippen molar-refractivity contribution in [3.05, 3.63) is 11.6 Å². The molecule has 3 nitrogen and oxygen atoms in total. The molecule has 1 rings (SSSR count). The number of hydrogen-bond acceptors (Lipinski definition) is 2. The van der Waals surface area contributed by atoms with Crippen LogP contribution in [0.4, 0.5) is 0 Å². The van der Waals surface area contributed by atoms with Crippen molar-refractivity contribution in [1.29, 1.82) is 0 Å². The van der Waals surface area contributed by atoms with Crippen molar-refractivity contribution in [2.75, 3.05) is 19.6 Å². The van der Waals surface area contributed by atoms with Crippen LogP contribution in [0, 0.1) is 0 Å². The second-order valence-electron chi connectivity index (χ2n) is 2.84. The zero-order chi connectivity index (χ0) is 8.27. The Bertz CT molecular complexity index is 187. The maximum absolute atomic E-state index is 11.0. The largest absolute Gasteiger partial charge is 0.338 e. The topological polar surface area (TPSA) is 46.3 Å². The van der Waals surface area contributed by atoms with Crippen molar-refractivity contribution in [2.45, 2.75) is 13.3 Å². The molecule has 3 heteroatoms. The van der Waals surface area contributed by atoms with Crippen LogP contribution in [0.25, 0.3) is 0 Å². The lowest BCUT2D eigenvalue weighted by molar-refractivity contribution is -0.129. The first-order chi connectivity index (χ1) is 5.24. The molecule has 1 aliphatic heterocycles. The van der Waals surface area contributed by atoms with E-state index in [0.717, 1.165) is 19.5 Å². The molecular weight excluding hydrogens is 140 g/mol. The van der Waals surface area contributed by atoms with Crippen LogP contribution >= 0.6 is 0 Å². The number of nitrogens with two attached hydrogens (primary N) is 1. The molecule has 1 aliphatic rings. The van der Waals surface area contributed by atoms with Gasteiger partial charge in [-0.3, -0.25) is 4.79 Å². The molecule has 0 aliphatic carbocycles. The number of carbonyl (C=O) groups is 1. The molecule has 0 bridgehead atoms. The van der Waals surface area contributed by atoms with Crippen molar-refractivity contribution in [3.8, 4) is 0 Å². The van der Waals surface area contributed by atoms with Gasteiger partial charge in [-0.25, -0.2) is 0 Å². The third-order valence-corrected chi connectivity index (χ3v) is 1.96. The Morgan fingerprint density at radius 2 is 2.55 bits per heavy atom. The summed E-state index contributed by atoms with van der Waals surface area (Å²) < 4.78 is 0. The Morgan fingerprint density at radius 3 is 3.00 bits per heavy atom. The Balaban J connectivity index is 2.47. The molecule has 0 unspecified atom stereocenters. The summed E-state index contributed by atoms with van der Waals surface area (Å²) in [5.74, 6) is 0.0498. The van der Waals surface area contributed by atoms with Gasteiger partial charge in [0, 0.05) is 13.1 Å². The molecule has 0 aromatic heterocycles. The number of amides is 1. The fourth-order valence-electron chi connectivity index (χ4n) is 1.13. The summed E-state index contributed by atoms with van der Waals surface area (Å²) in [6.07, 6.45) is 3.07. The molecule has 0 radical (unpaired) electrons. The third kappa shape index (κ3) is 2.05. The number of rotatable bonds is 1. The Kier molecular flexibility index (Phi) is 2.65. The average Bonchev–Trinajstić information content (AvgIpc) is 2.05. The van der Waals surface area contributed by atoms with Crippen molar-refractivity contribution in [1.82, 2.24) is 4.90 Å². The average molecular weight is 154 g/mol. The van der Waals surface area contributed by atoms with Crippen molar-refractivity contribution in [2.24, 2.45) is 5.73 Å². The standard InChI is InChI=1S/C8H14N2O/c1-7-2-4-10(5-3-7)8(11)6-9/h2H,3-6,9H2,1H3. The minimum atomic E-state index is 0.0498. The first-order valence-corrected chi connectivity index (χ1v) is 3.87. The summed E-state index contributed by atoms with van der Waals surface area (Å²) in [6.45, 7) is 3.79. The Morgan fingerprint density at radius 1 is 1.82 bits per heavy atom. The quantitative estimate of drug-likeness (QED) is 0.545. The number of nitrogens with zero attached hydrogens (tertiary/aromatic N) is 1. The summed E-state index contributed by atoms with van der Waals surface area (Å²) >= 11 is 0. The van der Waals surface area contributed by atoms with Crippen LogP contribution in [0.2, 0.25) is 0 Å². The Hall–Kier alpha value is -0.830. The molecule has 0 saturated heterocycles. The second-order valence-corrected chi connectivity index (χ2v) is 2.84. The van der Waals surface area contributed by atoms with Gasteiger partial charge in [-0.15, -0.1) is 0 Å². The van der Waals surface area contributed by atoms with Crippen LogP contribution < -0.4 is 5.73 Å². The van der Waals surface area contributed by atoms with Gasteiger partial charge in [0.15, 0.2) is 0 Å². The van der Waals surface area contributed by atoms with Gasteiger partial charge < -0.3 is 10.6 Å². The van der Waals surface area contributed by atoms with Crippen molar-refractivity contribution >= 4 is 5.91 Å². The molecule has 62 valence electrons. The maximum atomic E-state index is 11.0. The minimum absolute atomic E-state index is 0.0498. The van der Waals surface area contributed by atoms with E-state index < -0.39 is 0 Å². The lowest BCUT2D eigenvalue weighted by Gasteiger charge is -2.24. The van der Waals surface area contributed by atoms with E-state index in [1.54, 1.807) is 4.90 Å². The number of hydrogen-bond donors (Lipinski definition) is 1. The zero-order valence-corrected chi connectivity index (χ0v) is 6.84. The van der Waals surface area contributed by atoms with Gasteiger partial charge in [-0.2, -0.15) is 0 Å². The number of carbonyl (C=O) groups excluding carboxylic acids is 1. The molecule has 0 fully saturated rings. The highest BCUT2D eigenvalue weighted by molar-refractivity contribution is 5.78. The molecule has 0 aromatic rings. The molecule has 1 heterocycles. The second kappa shape index (κ2) is 3.53. The van der Waals surface area contributed by atoms with Gasteiger partial charge in [0.2, 0.25) is 5.91 Å². The van der Waals surface area contributed by atoms with Crippen molar-refractivity contribution in [3.63, 3.8) is 0 Å². The molecular formula is C8H14N2O. The predicted octanol–water partition coefficient (Wildman–Crippen LogP) is 0.124. The van der Waals surface area contributed by atoms with Gasteiger partial charge in [0.1, 0.15) is 0 Å². The molecule has 0 atom stereocenters. The van der Waals surface area contributed by atoms with Crippen molar-refractivity contribution < 1.29 is 4.79 Å². The van der Waals surface area contributed by atoms with E-state index in [-0.39, 0.29) is 12.5 Å². The van der Waals surface area contributed by atoms with Crippen LogP contribution in [0.5, 0.6) is 0 Å². The summed E-state index contributed by atoms with van der Waals surface area (Å²) in [7, 11) is 0. The summed E-state index contributed by atoms with van der Waals surface area (Å²) in [5.41, 5.74) is 6.59. The van der Waals surface area contributed by atoms with E-state index in [4.69, 9.17) is 5.73 Å². The van der Waals surface area contributed by atoms with E-state index in [9.17, 15) is 4.79 Å². The predicted molar refractivity (Wildman–Crippen MR) is 44.0 cm³/mol. The van der Waals surface area contributed by atoms with E-state index in [1.807, 2.05) is 0 Å². The summed E-state index contributed by atoms with van der Waals surface area (Å²) in [6, 6.07) is 0. The lowest BCUT2D eigenvalue weighted by Crippen LogP contribution is -2.38. The molecule has 11 heavy (non-hydrogen) atoms. The van der Waals surface area contributed by atoms with Crippen LogP contribution in [-0.4, -0.2) is 30.4 Å². The summed E-state index contributed by atoms with van der Waals surface area (Å²) in [4.78, 5) is 12.8. The van der Waals surface area contributed by atoms with Gasteiger partial charge >= 0.3 is 0 Å². The monoisotopic (exact) mass is 154 g/mol. The van der Waals surface area contributed by atoms with Crippen LogP contribution in [-0.2, 0) is 4.79 Å². The highest BCUT2D eigenvalue weighted by Gasteiger charge is 2.13. The molecule has 0 saturated carbocycles. The molecule has 1 amide bonds. The Labute approximate surface area is 66.9 Å². The fourth-order valence-corrected chi connectivity index (χ4v) is 1.13. The first-order valence-electron chi connectivity index (χ1n) is 3.87. The molecule has 0 aromatic carbocycles. The van der Waals surface area contributed by atoms with E-state index in [1.165, 1.54) is 5.57 Å². The van der Waals surface area contributed by atoms with Crippen LogP contribution in [0.1, 0.15) is 13.3 Å². The fraction of sp³-hybridized carbons (Fsp3) is 0.625. The van der Waals surface area contributed by atoms with E-state index in [2.05, 4.69) is 13.0 Å². The molecule has 0 spiro atoms. The maximum Gasteiger partial charge on any atom is 0.236 e. The van der Waals surface area contributed by atoms with Crippen LogP contribution in [0.3, 0.4) is 0 Å². The van der Waals surface area contributed by atoms with E-state index >= 15 is 0 Å². The van der Waals surface area contributed by atoms with Gasteiger partial charge in [0.05, 0.1) is 6.54 Å². The van der Waals surface area contributed by atoms with Gasteiger partial charge in [0.25, 0.3) is 0 Å². The smallest absolute Gasteiger partial charge is 0.236 e. The highest BCUT2D eigenvalue weighted by atomic mass is 16.2. The highest BCUT2D eigenvalue weighted by Crippen LogP contribution is 2.08. The van der Waals surface area contributed by atoms with Crippen LogP contribution in [0.15, 0.2) is 11.6 Å². The normalized spacial score (nSPS) is 18.0. The van der Waals surface area contributed by atoms with Gasteiger partial charge in [-0.05, 0) is 13.3 Å². The molecule has 2 N–H and O–H groups in total. The summed E-state index contributed by atoms with van der Waals surface area (Å²) in [5, 5.41) is 0. The third-order valence-electron chi connectivity index (χ3n) is 1.96. The minimum Gasteiger partial charge on any atom is -0.338 e. The zero-order valence-electron chi connectivity index (χ0n) is 6.84. The SMILES string of the molecule is CC1=CCN(C(=O)CN)CC1. The van der Waals surface area contributed by atoms with E-state index in [0.29, 0.717) is 0 Å².